The molecule has 1 amide bonds. The van der Waals surface area contributed by atoms with Crippen molar-refractivity contribution in [3.63, 3.8) is 0 Å². The molecule has 110 valence electrons. The number of nitrogens with one attached hydrogen (secondary N) is 1. The van der Waals surface area contributed by atoms with E-state index in [0.717, 1.165) is 19.3 Å². The minimum atomic E-state index is -1.01. The molecule has 0 saturated carbocycles. The first-order chi connectivity index (χ1) is 9.54. The lowest BCUT2D eigenvalue weighted by Gasteiger charge is -2.08. The van der Waals surface area contributed by atoms with Crippen LogP contribution in [0.1, 0.15) is 55.8 Å². The van der Waals surface area contributed by atoms with Crippen LogP contribution in [0.5, 0.6) is 0 Å². The first-order valence-electron chi connectivity index (χ1n) is 6.87. The predicted molar refractivity (Wildman–Crippen MR) is 83.1 cm³/mol. The molecule has 1 rings (SSSR count). The van der Waals surface area contributed by atoms with Crippen LogP contribution in [0.25, 0.3) is 0 Å². The van der Waals surface area contributed by atoms with Gasteiger partial charge in [-0.25, -0.2) is 4.79 Å². The fourth-order valence-corrected chi connectivity index (χ4v) is 2.20. The summed E-state index contributed by atoms with van der Waals surface area (Å²) in [6, 6.07) is 4.58. The number of unbranched alkanes of at least 4 members (excludes halogenated alkanes) is 4. The van der Waals surface area contributed by atoms with Gasteiger partial charge >= 0.3 is 5.97 Å². The van der Waals surface area contributed by atoms with Gasteiger partial charge in [-0.15, -0.1) is 0 Å². The van der Waals surface area contributed by atoms with Crippen molar-refractivity contribution in [3.8, 4) is 0 Å². The monoisotopic (exact) mass is 341 g/mol. The molecule has 0 heterocycles. The Bertz CT molecular complexity index is 474. The van der Waals surface area contributed by atoms with E-state index in [-0.39, 0.29) is 11.5 Å². The van der Waals surface area contributed by atoms with Gasteiger partial charge in [0, 0.05) is 10.9 Å². The minimum Gasteiger partial charge on any atom is -0.478 e. The Kier molecular flexibility index (Phi) is 7.30. The van der Waals surface area contributed by atoms with Gasteiger partial charge in [0.2, 0.25) is 5.91 Å². The van der Waals surface area contributed by atoms with Crippen LogP contribution in [0.15, 0.2) is 22.7 Å². The molecular weight excluding hydrogens is 322 g/mol. The second-order valence-electron chi connectivity index (χ2n) is 4.71. The highest BCUT2D eigenvalue weighted by atomic mass is 79.9. The molecule has 4 nitrogen and oxygen atoms in total. The number of amides is 1. The number of carboxylic acid groups (broad SMARTS) is 1. The highest BCUT2D eigenvalue weighted by molar-refractivity contribution is 9.10. The summed E-state index contributed by atoms with van der Waals surface area (Å²) in [4.78, 5) is 22.7. The number of halogens is 1. The molecule has 0 aliphatic heterocycles. The number of aromatic carboxylic acids is 1. The topological polar surface area (TPSA) is 66.4 Å². The van der Waals surface area contributed by atoms with Crippen LogP contribution in [0.3, 0.4) is 0 Å². The molecule has 0 fully saturated rings. The lowest BCUT2D eigenvalue weighted by Crippen LogP contribution is -2.12. The summed E-state index contributed by atoms with van der Waals surface area (Å²) in [5.74, 6) is -1.09. The van der Waals surface area contributed by atoms with Crippen LogP contribution >= 0.6 is 15.9 Å². The Morgan fingerprint density at radius 2 is 1.90 bits per heavy atom. The van der Waals surface area contributed by atoms with E-state index in [1.54, 1.807) is 6.07 Å². The Balaban J connectivity index is 2.49. The normalized spacial score (nSPS) is 10.3. The summed E-state index contributed by atoms with van der Waals surface area (Å²) in [5.41, 5.74) is 0.662. The van der Waals surface area contributed by atoms with Crippen molar-refractivity contribution in [1.82, 2.24) is 0 Å². The molecular formula is C15H20BrNO3. The van der Waals surface area contributed by atoms with E-state index in [1.165, 1.54) is 25.0 Å². The summed E-state index contributed by atoms with van der Waals surface area (Å²) in [6.45, 7) is 2.15. The zero-order valence-corrected chi connectivity index (χ0v) is 13.2. The third-order valence-corrected chi connectivity index (χ3v) is 3.69. The number of carboxylic acids is 1. The number of carbonyl (C=O) groups is 2. The average Bonchev–Trinajstić information content (AvgIpc) is 2.40. The number of rotatable bonds is 8. The van der Waals surface area contributed by atoms with Crippen LogP contribution < -0.4 is 5.32 Å². The molecule has 5 heteroatoms. The molecule has 0 aliphatic rings. The molecule has 0 aromatic heterocycles. The molecule has 0 atom stereocenters. The van der Waals surface area contributed by atoms with Crippen LogP contribution in [0.4, 0.5) is 5.69 Å². The van der Waals surface area contributed by atoms with E-state index in [2.05, 4.69) is 28.2 Å². The summed E-state index contributed by atoms with van der Waals surface area (Å²) in [5, 5.41) is 11.7. The minimum absolute atomic E-state index is 0.0789. The summed E-state index contributed by atoms with van der Waals surface area (Å²) in [6.07, 6.45) is 5.92. The maximum atomic E-state index is 11.8. The second-order valence-corrected chi connectivity index (χ2v) is 5.57. The number of anilines is 1. The zero-order valence-electron chi connectivity index (χ0n) is 11.6. The number of carbonyl (C=O) groups excluding carboxylic acids is 1. The van der Waals surface area contributed by atoms with Crippen molar-refractivity contribution in [1.29, 1.82) is 0 Å². The zero-order chi connectivity index (χ0) is 15.0. The summed E-state index contributed by atoms with van der Waals surface area (Å²) in [7, 11) is 0. The van der Waals surface area contributed by atoms with Crippen molar-refractivity contribution in [2.75, 3.05) is 5.32 Å². The van der Waals surface area contributed by atoms with Crippen molar-refractivity contribution < 1.29 is 14.7 Å². The van der Waals surface area contributed by atoms with Gasteiger partial charge in [-0.1, -0.05) is 32.6 Å². The van der Waals surface area contributed by atoms with Gasteiger partial charge in [-0.3, -0.25) is 4.79 Å². The Hall–Kier alpha value is -1.36. The molecule has 0 unspecified atom stereocenters. The molecule has 0 aliphatic carbocycles. The fraction of sp³-hybridized carbons (Fsp3) is 0.467. The molecule has 0 radical (unpaired) electrons. The van der Waals surface area contributed by atoms with E-state index in [9.17, 15) is 9.59 Å². The predicted octanol–water partition coefficient (Wildman–Crippen LogP) is 4.45. The number of benzene rings is 1. The number of hydrogen-bond donors (Lipinski definition) is 2. The summed E-state index contributed by atoms with van der Waals surface area (Å²) < 4.78 is 0.682. The SMILES string of the molecule is CCCCCCCC(=O)Nc1cc(C(=O)O)ccc1Br. The van der Waals surface area contributed by atoms with E-state index >= 15 is 0 Å². The number of hydrogen-bond acceptors (Lipinski definition) is 2. The standard InChI is InChI=1S/C15H20BrNO3/c1-2-3-4-5-6-7-14(18)17-13-10-11(15(19)20)8-9-12(13)16/h8-10H,2-7H2,1H3,(H,17,18)(H,19,20). The van der Waals surface area contributed by atoms with Gasteiger partial charge < -0.3 is 10.4 Å². The van der Waals surface area contributed by atoms with Crippen LogP contribution in [0, 0.1) is 0 Å². The Morgan fingerprint density at radius 3 is 2.55 bits per heavy atom. The first kappa shape index (κ1) is 16.7. The highest BCUT2D eigenvalue weighted by Crippen LogP contribution is 2.24. The smallest absolute Gasteiger partial charge is 0.335 e. The van der Waals surface area contributed by atoms with Crippen molar-refractivity contribution in [2.45, 2.75) is 45.4 Å². The molecule has 1 aromatic rings. The summed E-state index contributed by atoms with van der Waals surface area (Å²) >= 11 is 3.30. The molecule has 20 heavy (non-hydrogen) atoms. The maximum Gasteiger partial charge on any atom is 0.335 e. The fourth-order valence-electron chi connectivity index (χ4n) is 1.86. The molecule has 2 N–H and O–H groups in total. The van der Waals surface area contributed by atoms with Gasteiger partial charge in [0.15, 0.2) is 0 Å². The Morgan fingerprint density at radius 1 is 1.20 bits per heavy atom. The van der Waals surface area contributed by atoms with Crippen LogP contribution in [0.2, 0.25) is 0 Å². The van der Waals surface area contributed by atoms with Gasteiger partial charge in [-0.05, 0) is 40.5 Å². The molecule has 0 saturated heterocycles. The molecule has 0 bridgehead atoms. The third kappa shape index (κ3) is 5.74. The first-order valence-corrected chi connectivity index (χ1v) is 7.66. The maximum absolute atomic E-state index is 11.8. The quantitative estimate of drug-likeness (QED) is 0.686. The van der Waals surface area contributed by atoms with E-state index in [0.29, 0.717) is 16.6 Å². The highest BCUT2D eigenvalue weighted by Gasteiger charge is 2.09. The van der Waals surface area contributed by atoms with Crippen molar-refractivity contribution in [3.05, 3.63) is 28.2 Å². The van der Waals surface area contributed by atoms with Crippen LogP contribution in [-0.4, -0.2) is 17.0 Å². The van der Waals surface area contributed by atoms with Gasteiger partial charge in [0.1, 0.15) is 0 Å². The van der Waals surface area contributed by atoms with Gasteiger partial charge in [0.05, 0.1) is 11.3 Å². The van der Waals surface area contributed by atoms with Gasteiger partial charge in [0.25, 0.3) is 0 Å². The lowest BCUT2D eigenvalue weighted by molar-refractivity contribution is -0.116. The van der Waals surface area contributed by atoms with Crippen LogP contribution in [-0.2, 0) is 4.79 Å². The van der Waals surface area contributed by atoms with Gasteiger partial charge in [-0.2, -0.15) is 0 Å². The average molecular weight is 342 g/mol. The second kappa shape index (κ2) is 8.74. The molecule has 0 spiro atoms. The molecule has 1 aromatic carbocycles. The largest absolute Gasteiger partial charge is 0.478 e. The van der Waals surface area contributed by atoms with Crippen molar-refractivity contribution >= 4 is 33.5 Å². The van der Waals surface area contributed by atoms with E-state index in [4.69, 9.17) is 5.11 Å². The third-order valence-electron chi connectivity index (χ3n) is 2.99. The van der Waals surface area contributed by atoms with E-state index in [1.807, 2.05) is 0 Å². The van der Waals surface area contributed by atoms with Crippen molar-refractivity contribution in [2.24, 2.45) is 0 Å². The van der Waals surface area contributed by atoms with E-state index < -0.39 is 5.97 Å². The Labute approximate surface area is 127 Å². The lowest BCUT2D eigenvalue weighted by atomic mass is 10.1.